The molecule has 0 aliphatic heterocycles. The second-order valence-corrected chi connectivity index (χ2v) is 5.89. The summed E-state index contributed by atoms with van der Waals surface area (Å²) in [6, 6.07) is 6.19. The van der Waals surface area contributed by atoms with Gasteiger partial charge in [0, 0.05) is 9.75 Å². The van der Waals surface area contributed by atoms with Crippen LogP contribution in [0.5, 0.6) is 0 Å². The van der Waals surface area contributed by atoms with Crippen LogP contribution in [0, 0.1) is 6.92 Å². The lowest BCUT2D eigenvalue weighted by Crippen LogP contribution is -2.08. The van der Waals surface area contributed by atoms with Crippen molar-refractivity contribution in [1.29, 1.82) is 0 Å². The maximum atomic E-state index is 4.32. The first-order valence-corrected chi connectivity index (χ1v) is 7.40. The summed E-state index contributed by atoms with van der Waals surface area (Å²) >= 11 is 1.85. The molecule has 3 heterocycles. The zero-order valence-corrected chi connectivity index (χ0v) is 12.5. The van der Waals surface area contributed by atoms with Crippen LogP contribution in [0.2, 0.25) is 0 Å². The molecule has 0 spiro atoms. The molecule has 0 saturated heterocycles. The molecule has 6 nitrogen and oxygen atoms in total. The van der Waals surface area contributed by atoms with Gasteiger partial charge in [0.25, 0.3) is 0 Å². The minimum atomic E-state index is 0.209. The summed E-state index contributed by atoms with van der Waals surface area (Å²) in [6.45, 7) is 6.49. The highest BCUT2D eigenvalue weighted by molar-refractivity contribution is 7.12. The summed E-state index contributed by atoms with van der Waals surface area (Å²) in [7, 11) is 0. The number of anilines is 1. The first-order chi connectivity index (χ1) is 9.67. The summed E-state index contributed by atoms with van der Waals surface area (Å²) in [5.74, 6) is 0.765. The molecule has 7 heteroatoms. The third-order valence-electron chi connectivity index (χ3n) is 3.22. The SMILES string of the molecule is CCc1sc(C(C)Nc2ccc3nnnn3n2)cc1C. The fourth-order valence-corrected chi connectivity index (χ4v) is 3.25. The van der Waals surface area contributed by atoms with Crippen molar-refractivity contribution in [2.45, 2.75) is 33.2 Å². The summed E-state index contributed by atoms with van der Waals surface area (Å²) in [5, 5.41) is 18.9. The van der Waals surface area contributed by atoms with Crippen LogP contribution in [-0.2, 0) is 6.42 Å². The number of rotatable bonds is 4. The van der Waals surface area contributed by atoms with Crippen molar-refractivity contribution in [3.05, 3.63) is 33.5 Å². The molecule has 3 aromatic rings. The van der Waals surface area contributed by atoms with E-state index in [0.29, 0.717) is 5.65 Å². The van der Waals surface area contributed by atoms with Crippen molar-refractivity contribution < 1.29 is 0 Å². The number of aromatic nitrogens is 5. The highest BCUT2D eigenvalue weighted by Crippen LogP contribution is 2.29. The summed E-state index contributed by atoms with van der Waals surface area (Å²) in [5.41, 5.74) is 2.01. The van der Waals surface area contributed by atoms with E-state index in [9.17, 15) is 0 Å². The molecular weight excluding hydrogens is 272 g/mol. The Hall–Kier alpha value is -2.02. The molecule has 0 aliphatic carbocycles. The zero-order chi connectivity index (χ0) is 14.1. The minimum absolute atomic E-state index is 0.209. The number of thiophene rings is 1. The fourth-order valence-electron chi connectivity index (χ4n) is 2.13. The second kappa shape index (κ2) is 5.16. The molecule has 0 amide bonds. The number of hydrogen-bond acceptors (Lipinski definition) is 6. The Morgan fingerprint density at radius 1 is 1.40 bits per heavy atom. The molecule has 20 heavy (non-hydrogen) atoms. The average Bonchev–Trinajstić information content (AvgIpc) is 3.04. The normalized spacial score (nSPS) is 12.8. The Bertz CT molecular complexity index is 731. The van der Waals surface area contributed by atoms with Gasteiger partial charge in [-0.2, -0.15) is 0 Å². The second-order valence-electron chi connectivity index (χ2n) is 4.72. The summed E-state index contributed by atoms with van der Waals surface area (Å²) in [6.07, 6.45) is 1.08. The number of aryl methyl sites for hydroxylation is 2. The molecule has 0 aliphatic rings. The van der Waals surface area contributed by atoms with Crippen LogP contribution in [0.15, 0.2) is 18.2 Å². The highest BCUT2D eigenvalue weighted by Gasteiger charge is 2.12. The van der Waals surface area contributed by atoms with Crippen molar-refractivity contribution in [2.24, 2.45) is 0 Å². The van der Waals surface area contributed by atoms with E-state index in [-0.39, 0.29) is 6.04 Å². The van der Waals surface area contributed by atoms with E-state index in [4.69, 9.17) is 0 Å². The van der Waals surface area contributed by atoms with E-state index < -0.39 is 0 Å². The molecule has 0 saturated carbocycles. The lowest BCUT2D eigenvalue weighted by Gasteiger charge is -2.12. The van der Waals surface area contributed by atoms with Gasteiger partial charge in [0.1, 0.15) is 5.82 Å². The van der Waals surface area contributed by atoms with E-state index in [0.717, 1.165) is 12.2 Å². The van der Waals surface area contributed by atoms with Crippen LogP contribution in [0.4, 0.5) is 5.82 Å². The Balaban J connectivity index is 1.81. The van der Waals surface area contributed by atoms with Gasteiger partial charge in [-0.25, -0.2) is 0 Å². The molecule has 3 aromatic heterocycles. The lowest BCUT2D eigenvalue weighted by molar-refractivity contribution is 0.729. The molecule has 0 bridgehead atoms. The Morgan fingerprint density at radius 2 is 2.25 bits per heavy atom. The number of fused-ring (bicyclic) bond motifs is 1. The van der Waals surface area contributed by atoms with Gasteiger partial charge < -0.3 is 5.32 Å². The summed E-state index contributed by atoms with van der Waals surface area (Å²) < 4.78 is 1.42. The monoisotopic (exact) mass is 288 g/mol. The van der Waals surface area contributed by atoms with Gasteiger partial charge in [-0.15, -0.1) is 26.2 Å². The topological polar surface area (TPSA) is 68.0 Å². The molecule has 1 atom stereocenters. The van der Waals surface area contributed by atoms with Crippen LogP contribution >= 0.6 is 11.3 Å². The number of nitrogens with one attached hydrogen (secondary N) is 1. The van der Waals surface area contributed by atoms with Gasteiger partial charge >= 0.3 is 0 Å². The molecule has 3 rings (SSSR count). The van der Waals surface area contributed by atoms with Crippen molar-refractivity contribution in [3.63, 3.8) is 0 Å². The maximum Gasteiger partial charge on any atom is 0.200 e. The van der Waals surface area contributed by atoms with Crippen molar-refractivity contribution >= 4 is 22.8 Å². The first kappa shape index (κ1) is 13.0. The van der Waals surface area contributed by atoms with Gasteiger partial charge in [-0.05, 0) is 54.5 Å². The largest absolute Gasteiger partial charge is 0.361 e. The van der Waals surface area contributed by atoms with E-state index in [1.165, 1.54) is 19.9 Å². The van der Waals surface area contributed by atoms with Crippen molar-refractivity contribution in [3.8, 4) is 0 Å². The van der Waals surface area contributed by atoms with Crippen LogP contribution < -0.4 is 5.32 Å². The van der Waals surface area contributed by atoms with Crippen molar-refractivity contribution in [1.82, 2.24) is 25.3 Å². The minimum Gasteiger partial charge on any atom is -0.361 e. The standard InChI is InChI=1S/C13H16N6S/c1-4-10-8(2)7-11(20-10)9(3)14-12-5-6-13-15-17-18-19(13)16-12/h5-7,9H,4H2,1-3H3,(H,14,16). The van der Waals surface area contributed by atoms with Crippen molar-refractivity contribution in [2.75, 3.05) is 5.32 Å². The first-order valence-electron chi connectivity index (χ1n) is 6.58. The highest BCUT2D eigenvalue weighted by atomic mass is 32.1. The Kier molecular flexibility index (Phi) is 3.35. The van der Waals surface area contributed by atoms with Gasteiger partial charge in [-0.3, -0.25) is 0 Å². The van der Waals surface area contributed by atoms with Gasteiger partial charge in [0.2, 0.25) is 0 Å². The van der Waals surface area contributed by atoms with E-state index in [1.54, 1.807) is 0 Å². The number of tetrazole rings is 1. The van der Waals surface area contributed by atoms with Crippen LogP contribution in [0.1, 0.15) is 35.2 Å². The zero-order valence-electron chi connectivity index (χ0n) is 11.7. The van der Waals surface area contributed by atoms with E-state index in [1.807, 2.05) is 23.5 Å². The smallest absolute Gasteiger partial charge is 0.200 e. The van der Waals surface area contributed by atoms with E-state index in [2.05, 4.69) is 52.8 Å². The Morgan fingerprint density at radius 3 is 3.00 bits per heavy atom. The van der Waals surface area contributed by atoms with Gasteiger partial charge in [0.05, 0.1) is 6.04 Å². The molecule has 104 valence electrons. The molecule has 1 N–H and O–H groups in total. The van der Waals surface area contributed by atoms with E-state index >= 15 is 0 Å². The molecule has 0 radical (unpaired) electrons. The lowest BCUT2D eigenvalue weighted by atomic mass is 10.2. The quantitative estimate of drug-likeness (QED) is 0.799. The molecule has 0 aromatic carbocycles. The van der Waals surface area contributed by atoms with Gasteiger partial charge in [-0.1, -0.05) is 6.92 Å². The molecule has 1 unspecified atom stereocenters. The average molecular weight is 288 g/mol. The Labute approximate surface area is 120 Å². The van der Waals surface area contributed by atoms with Crippen LogP contribution in [-0.4, -0.2) is 25.3 Å². The maximum absolute atomic E-state index is 4.32. The number of nitrogens with zero attached hydrogens (tertiary/aromatic N) is 5. The van der Waals surface area contributed by atoms with Crippen LogP contribution in [0.3, 0.4) is 0 Å². The van der Waals surface area contributed by atoms with Gasteiger partial charge in [0.15, 0.2) is 5.65 Å². The molecular formula is C13H16N6S. The third kappa shape index (κ3) is 2.36. The molecule has 0 fully saturated rings. The fraction of sp³-hybridized carbons (Fsp3) is 0.385. The number of hydrogen-bond donors (Lipinski definition) is 1. The summed E-state index contributed by atoms with van der Waals surface area (Å²) in [4.78, 5) is 2.76. The predicted octanol–water partition coefficient (Wildman–Crippen LogP) is 2.62. The predicted molar refractivity (Wildman–Crippen MR) is 79.0 cm³/mol. The van der Waals surface area contributed by atoms with Crippen LogP contribution in [0.25, 0.3) is 5.65 Å². The third-order valence-corrected chi connectivity index (χ3v) is 4.79.